The van der Waals surface area contributed by atoms with Crippen molar-refractivity contribution in [1.82, 2.24) is 29.5 Å². The lowest BCUT2D eigenvalue weighted by Gasteiger charge is -2.24. The summed E-state index contributed by atoms with van der Waals surface area (Å²) < 4.78 is 3.90. The minimum atomic E-state index is -0.190. The van der Waals surface area contributed by atoms with E-state index in [0.717, 1.165) is 34.0 Å². The fraction of sp³-hybridized carbons (Fsp3) is 0.393. The van der Waals surface area contributed by atoms with Crippen molar-refractivity contribution in [2.75, 3.05) is 5.32 Å². The summed E-state index contributed by atoms with van der Waals surface area (Å²) in [6.07, 6.45) is 5.57. The first kappa shape index (κ1) is 25.3. The number of imidazole rings is 1. The molecule has 4 rings (SSSR count). The molecule has 0 atom stereocenters. The van der Waals surface area contributed by atoms with Gasteiger partial charge < -0.3 is 9.88 Å². The van der Waals surface area contributed by atoms with Gasteiger partial charge in [-0.25, -0.2) is 9.67 Å². The van der Waals surface area contributed by atoms with Gasteiger partial charge in [-0.3, -0.25) is 9.78 Å². The Kier molecular flexibility index (Phi) is 6.32. The summed E-state index contributed by atoms with van der Waals surface area (Å²) in [4.78, 5) is 22.1. The van der Waals surface area contributed by atoms with Crippen LogP contribution < -0.4 is 5.32 Å². The number of carbonyl (C=O) groups is 1. The van der Waals surface area contributed by atoms with E-state index in [9.17, 15) is 4.79 Å². The number of nitrogens with one attached hydrogen (secondary N) is 1. The molecule has 0 aliphatic carbocycles. The van der Waals surface area contributed by atoms with Crippen molar-refractivity contribution in [1.29, 1.82) is 0 Å². The number of rotatable bonds is 4. The molecular formula is C28H35N7O. The molecular weight excluding hydrogens is 450 g/mol. The van der Waals surface area contributed by atoms with Crippen LogP contribution in [0.1, 0.15) is 74.5 Å². The number of carbonyl (C=O) groups excluding carboxylic acids is 1. The highest BCUT2D eigenvalue weighted by molar-refractivity contribution is 6.05. The van der Waals surface area contributed by atoms with Gasteiger partial charge in [-0.15, -0.1) is 5.10 Å². The molecule has 0 spiro atoms. The van der Waals surface area contributed by atoms with E-state index >= 15 is 0 Å². The van der Waals surface area contributed by atoms with Crippen LogP contribution in [0.15, 0.2) is 42.9 Å². The predicted molar refractivity (Wildman–Crippen MR) is 143 cm³/mol. The third-order valence-electron chi connectivity index (χ3n) is 6.28. The second kappa shape index (κ2) is 9.00. The van der Waals surface area contributed by atoms with Crippen molar-refractivity contribution in [2.24, 2.45) is 0 Å². The van der Waals surface area contributed by atoms with E-state index in [1.807, 2.05) is 63.6 Å². The molecule has 188 valence electrons. The Labute approximate surface area is 212 Å². The van der Waals surface area contributed by atoms with Crippen molar-refractivity contribution in [2.45, 2.75) is 73.3 Å². The summed E-state index contributed by atoms with van der Waals surface area (Å²) in [6.45, 7) is 18.6. The van der Waals surface area contributed by atoms with Gasteiger partial charge in [0, 0.05) is 23.1 Å². The van der Waals surface area contributed by atoms with Crippen molar-refractivity contribution < 1.29 is 4.79 Å². The van der Waals surface area contributed by atoms with E-state index in [1.165, 1.54) is 0 Å². The quantitative estimate of drug-likeness (QED) is 0.397. The first-order chi connectivity index (χ1) is 16.8. The molecule has 0 fully saturated rings. The molecule has 0 saturated heterocycles. The monoisotopic (exact) mass is 485 g/mol. The maximum absolute atomic E-state index is 13.2. The van der Waals surface area contributed by atoms with Gasteiger partial charge in [-0.1, -0.05) is 32.1 Å². The SMILES string of the molecule is Cc1ccc(NC(=O)c2cc(C(C)(C)C)cnc2C)cc1-n1cc(-c2cnc(C)n2C(C)(C)C)nn1. The lowest BCUT2D eigenvalue weighted by atomic mass is 9.87. The van der Waals surface area contributed by atoms with Crippen LogP contribution in [0.25, 0.3) is 17.1 Å². The van der Waals surface area contributed by atoms with Crippen LogP contribution >= 0.6 is 0 Å². The highest BCUT2D eigenvalue weighted by Gasteiger charge is 2.23. The number of anilines is 1. The summed E-state index contributed by atoms with van der Waals surface area (Å²) >= 11 is 0. The van der Waals surface area contributed by atoms with Gasteiger partial charge in [0.05, 0.1) is 29.3 Å². The van der Waals surface area contributed by atoms with Crippen LogP contribution in [0.4, 0.5) is 5.69 Å². The number of pyridine rings is 1. The number of aryl methyl sites for hydroxylation is 3. The zero-order valence-electron chi connectivity index (χ0n) is 22.6. The van der Waals surface area contributed by atoms with Gasteiger partial charge in [0.1, 0.15) is 11.5 Å². The molecule has 8 heteroatoms. The minimum absolute atomic E-state index is 0.0987. The lowest BCUT2D eigenvalue weighted by Crippen LogP contribution is -2.24. The summed E-state index contributed by atoms with van der Waals surface area (Å²) in [5.74, 6) is 0.734. The summed E-state index contributed by atoms with van der Waals surface area (Å²) in [5.41, 5.74) is 6.21. The molecule has 3 aromatic heterocycles. The molecule has 0 aliphatic heterocycles. The average Bonchev–Trinajstić information content (AvgIpc) is 3.41. The standard InChI is InChI=1S/C28H35N7O/c1-17-10-11-21(31-26(36)22-12-20(27(4,5)6)14-29-18(22)2)13-24(17)34-16-23(32-33-34)25-15-30-19(3)35(25)28(7,8)9/h10-16H,1-9H3,(H,31,36). The van der Waals surface area contributed by atoms with E-state index in [0.29, 0.717) is 16.9 Å². The van der Waals surface area contributed by atoms with Gasteiger partial charge >= 0.3 is 0 Å². The molecule has 0 radical (unpaired) electrons. The van der Waals surface area contributed by atoms with E-state index in [4.69, 9.17) is 0 Å². The van der Waals surface area contributed by atoms with E-state index in [-0.39, 0.29) is 16.9 Å². The normalized spacial score (nSPS) is 12.1. The zero-order chi connectivity index (χ0) is 26.4. The molecule has 1 aromatic carbocycles. The maximum Gasteiger partial charge on any atom is 0.257 e. The van der Waals surface area contributed by atoms with Crippen molar-refractivity contribution in [3.05, 3.63) is 71.1 Å². The molecule has 0 aliphatic rings. The van der Waals surface area contributed by atoms with Gasteiger partial charge in [0.15, 0.2) is 0 Å². The Hall–Kier alpha value is -3.81. The van der Waals surface area contributed by atoms with Crippen LogP contribution in [-0.4, -0.2) is 35.4 Å². The third-order valence-corrected chi connectivity index (χ3v) is 6.28. The third kappa shape index (κ3) is 4.94. The number of aromatic nitrogens is 6. The van der Waals surface area contributed by atoms with Crippen molar-refractivity contribution in [3.63, 3.8) is 0 Å². The van der Waals surface area contributed by atoms with Gasteiger partial charge in [0.2, 0.25) is 0 Å². The highest BCUT2D eigenvalue weighted by Crippen LogP contribution is 2.28. The molecule has 0 bridgehead atoms. The smallest absolute Gasteiger partial charge is 0.257 e. The van der Waals surface area contributed by atoms with Crippen LogP contribution in [-0.2, 0) is 11.0 Å². The van der Waals surface area contributed by atoms with Crippen LogP contribution in [0, 0.1) is 20.8 Å². The number of amides is 1. The maximum atomic E-state index is 13.2. The van der Waals surface area contributed by atoms with Crippen LogP contribution in [0.5, 0.6) is 0 Å². The second-order valence-corrected chi connectivity index (χ2v) is 11.3. The average molecular weight is 486 g/mol. The second-order valence-electron chi connectivity index (χ2n) is 11.3. The largest absolute Gasteiger partial charge is 0.322 e. The van der Waals surface area contributed by atoms with E-state index < -0.39 is 0 Å². The number of nitrogens with zero attached hydrogens (tertiary/aromatic N) is 6. The fourth-order valence-electron chi connectivity index (χ4n) is 4.28. The number of hydrogen-bond donors (Lipinski definition) is 1. The lowest BCUT2D eigenvalue weighted by molar-refractivity contribution is 0.102. The van der Waals surface area contributed by atoms with Gasteiger partial charge in [-0.05, 0) is 76.3 Å². The first-order valence-corrected chi connectivity index (χ1v) is 12.1. The van der Waals surface area contributed by atoms with Gasteiger partial charge in [-0.2, -0.15) is 0 Å². The Morgan fingerprint density at radius 1 is 0.944 bits per heavy atom. The van der Waals surface area contributed by atoms with Crippen molar-refractivity contribution >= 4 is 11.6 Å². The Morgan fingerprint density at radius 2 is 1.67 bits per heavy atom. The molecule has 8 nitrogen and oxygen atoms in total. The minimum Gasteiger partial charge on any atom is -0.322 e. The zero-order valence-corrected chi connectivity index (χ0v) is 22.6. The fourth-order valence-corrected chi connectivity index (χ4v) is 4.28. The van der Waals surface area contributed by atoms with Crippen LogP contribution in [0.3, 0.4) is 0 Å². The Balaban J connectivity index is 1.65. The molecule has 4 aromatic rings. The Bertz CT molecular complexity index is 1430. The number of hydrogen-bond acceptors (Lipinski definition) is 5. The highest BCUT2D eigenvalue weighted by atomic mass is 16.1. The summed E-state index contributed by atoms with van der Waals surface area (Å²) in [7, 11) is 0. The summed E-state index contributed by atoms with van der Waals surface area (Å²) in [6, 6.07) is 7.70. The van der Waals surface area contributed by atoms with E-state index in [2.05, 4.69) is 71.7 Å². The topological polar surface area (TPSA) is 90.5 Å². The molecule has 1 amide bonds. The van der Waals surface area contributed by atoms with Crippen LogP contribution in [0.2, 0.25) is 0 Å². The molecule has 36 heavy (non-hydrogen) atoms. The van der Waals surface area contributed by atoms with E-state index in [1.54, 1.807) is 4.68 Å². The number of benzene rings is 1. The molecule has 0 saturated carbocycles. The molecule has 0 unspecified atom stereocenters. The molecule has 3 heterocycles. The first-order valence-electron chi connectivity index (χ1n) is 12.1. The summed E-state index contributed by atoms with van der Waals surface area (Å²) in [5, 5.41) is 11.9. The predicted octanol–water partition coefficient (Wildman–Crippen LogP) is 5.76. The van der Waals surface area contributed by atoms with Gasteiger partial charge in [0.25, 0.3) is 5.91 Å². The Morgan fingerprint density at radius 3 is 2.33 bits per heavy atom. The molecule has 1 N–H and O–H groups in total. The van der Waals surface area contributed by atoms with Crippen molar-refractivity contribution in [3.8, 4) is 17.1 Å².